The predicted octanol–water partition coefficient (Wildman–Crippen LogP) is 1.38. The van der Waals surface area contributed by atoms with Crippen molar-refractivity contribution in [1.82, 2.24) is 20.1 Å². The molecule has 0 saturated carbocycles. The van der Waals surface area contributed by atoms with E-state index in [1.807, 2.05) is 41.8 Å². The summed E-state index contributed by atoms with van der Waals surface area (Å²) in [5.41, 5.74) is 0. The number of carbonyl (C=O) groups is 1. The number of benzene rings is 1. The summed E-state index contributed by atoms with van der Waals surface area (Å²) in [7, 11) is 0. The average Bonchev–Trinajstić information content (AvgIpc) is 2.93. The first-order valence-electron chi connectivity index (χ1n) is 6.56. The molecule has 20 heavy (non-hydrogen) atoms. The topological polar surface area (TPSA) is 69.0 Å². The van der Waals surface area contributed by atoms with Crippen LogP contribution in [0.25, 0.3) is 0 Å². The van der Waals surface area contributed by atoms with Crippen molar-refractivity contribution in [2.75, 3.05) is 0 Å². The summed E-state index contributed by atoms with van der Waals surface area (Å²) in [5.74, 6) is 1.22. The molecule has 0 fully saturated rings. The van der Waals surface area contributed by atoms with Gasteiger partial charge in [-0.15, -0.1) is 10.2 Å². The highest BCUT2D eigenvalue weighted by Gasteiger charge is 2.15. The SMILES string of the molecule is CCn1cnnc1CNC(=O)C(C)Oc1ccccc1. The highest BCUT2D eigenvalue weighted by Crippen LogP contribution is 2.10. The fourth-order valence-electron chi connectivity index (χ4n) is 1.75. The van der Waals surface area contributed by atoms with Crippen LogP contribution in [-0.2, 0) is 17.9 Å². The Morgan fingerprint density at radius 1 is 1.40 bits per heavy atom. The van der Waals surface area contributed by atoms with E-state index >= 15 is 0 Å². The number of hydrogen-bond acceptors (Lipinski definition) is 4. The maximum Gasteiger partial charge on any atom is 0.261 e. The van der Waals surface area contributed by atoms with Crippen molar-refractivity contribution in [3.05, 3.63) is 42.5 Å². The normalized spacial score (nSPS) is 11.9. The predicted molar refractivity (Wildman–Crippen MR) is 74.1 cm³/mol. The number of nitrogens with one attached hydrogen (secondary N) is 1. The third-order valence-corrected chi connectivity index (χ3v) is 2.88. The van der Waals surface area contributed by atoms with E-state index in [0.29, 0.717) is 12.3 Å². The molecule has 2 aromatic rings. The highest BCUT2D eigenvalue weighted by atomic mass is 16.5. The third-order valence-electron chi connectivity index (χ3n) is 2.88. The van der Waals surface area contributed by atoms with E-state index in [1.54, 1.807) is 13.3 Å². The third kappa shape index (κ3) is 3.57. The van der Waals surface area contributed by atoms with Crippen molar-refractivity contribution in [3.63, 3.8) is 0 Å². The zero-order valence-corrected chi connectivity index (χ0v) is 11.6. The first-order chi connectivity index (χ1) is 9.70. The van der Waals surface area contributed by atoms with Gasteiger partial charge in [-0.05, 0) is 26.0 Å². The Kier molecular flexibility index (Phi) is 4.70. The first kappa shape index (κ1) is 14.0. The zero-order chi connectivity index (χ0) is 14.4. The van der Waals surface area contributed by atoms with Crippen LogP contribution in [0.2, 0.25) is 0 Å². The number of rotatable bonds is 6. The van der Waals surface area contributed by atoms with Crippen LogP contribution >= 0.6 is 0 Å². The Morgan fingerprint density at radius 3 is 2.85 bits per heavy atom. The minimum atomic E-state index is -0.560. The lowest BCUT2D eigenvalue weighted by molar-refractivity contribution is -0.127. The summed E-state index contributed by atoms with van der Waals surface area (Å²) in [6.45, 7) is 4.83. The Balaban J connectivity index is 1.85. The van der Waals surface area contributed by atoms with Crippen LogP contribution in [0.15, 0.2) is 36.7 Å². The molecule has 0 radical (unpaired) electrons. The molecule has 1 aromatic carbocycles. The van der Waals surface area contributed by atoms with Gasteiger partial charge in [0.1, 0.15) is 12.1 Å². The second-order valence-electron chi connectivity index (χ2n) is 4.32. The number of para-hydroxylation sites is 1. The van der Waals surface area contributed by atoms with E-state index in [9.17, 15) is 4.79 Å². The summed E-state index contributed by atoms with van der Waals surface area (Å²) in [4.78, 5) is 11.9. The van der Waals surface area contributed by atoms with Crippen LogP contribution in [0.3, 0.4) is 0 Å². The van der Waals surface area contributed by atoms with Crippen molar-refractivity contribution < 1.29 is 9.53 Å². The van der Waals surface area contributed by atoms with Gasteiger partial charge in [-0.1, -0.05) is 18.2 Å². The monoisotopic (exact) mass is 274 g/mol. The van der Waals surface area contributed by atoms with Gasteiger partial charge in [0.25, 0.3) is 5.91 Å². The molecule has 0 aliphatic rings. The summed E-state index contributed by atoms with van der Waals surface area (Å²) < 4.78 is 7.43. The van der Waals surface area contributed by atoms with Gasteiger partial charge < -0.3 is 14.6 Å². The molecule has 0 aliphatic heterocycles. The molecule has 0 saturated heterocycles. The molecule has 1 unspecified atom stereocenters. The summed E-state index contributed by atoms with van der Waals surface area (Å²) in [6.07, 6.45) is 1.08. The van der Waals surface area contributed by atoms with Crippen molar-refractivity contribution >= 4 is 5.91 Å². The number of nitrogens with zero attached hydrogens (tertiary/aromatic N) is 3. The van der Waals surface area contributed by atoms with E-state index < -0.39 is 6.10 Å². The minimum absolute atomic E-state index is 0.181. The van der Waals surface area contributed by atoms with Gasteiger partial charge >= 0.3 is 0 Å². The average molecular weight is 274 g/mol. The van der Waals surface area contributed by atoms with E-state index in [4.69, 9.17) is 4.74 Å². The van der Waals surface area contributed by atoms with Crippen LogP contribution in [0, 0.1) is 0 Å². The second-order valence-corrected chi connectivity index (χ2v) is 4.32. The molecular formula is C14H18N4O2. The molecule has 1 atom stereocenters. The fraction of sp³-hybridized carbons (Fsp3) is 0.357. The molecule has 1 heterocycles. The maximum atomic E-state index is 11.9. The largest absolute Gasteiger partial charge is 0.481 e. The van der Waals surface area contributed by atoms with Gasteiger partial charge in [-0.2, -0.15) is 0 Å². The van der Waals surface area contributed by atoms with Crippen molar-refractivity contribution in [3.8, 4) is 5.75 Å². The van der Waals surface area contributed by atoms with Gasteiger partial charge in [0.05, 0.1) is 6.54 Å². The van der Waals surface area contributed by atoms with Gasteiger partial charge in [0, 0.05) is 6.54 Å². The molecule has 106 valence electrons. The number of ether oxygens (including phenoxy) is 1. The maximum absolute atomic E-state index is 11.9. The van der Waals surface area contributed by atoms with Gasteiger partial charge in [0.2, 0.25) is 0 Å². The Labute approximate surface area is 117 Å². The standard InChI is InChI=1S/C14H18N4O2/c1-3-18-10-16-17-13(18)9-15-14(19)11(2)20-12-7-5-4-6-8-12/h4-8,10-11H,3,9H2,1-2H3,(H,15,19). The van der Waals surface area contributed by atoms with E-state index in [2.05, 4.69) is 15.5 Å². The van der Waals surface area contributed by atoms with Crippen molar-refractivity contribution in [2.24, 2.45) is 0 Å². The molecular weight excluding hydrogens is 256 g/mol. The number of amides is 1. The lowest BCUT2D eigenvalue weighted by atomic mass is 10.3. The number of aryl methyl sites for hydroxylation is 1. The molecule has 1 N–H and O–H groups in total. The van der Waals surface area contributed by atoms with Crippen LogP contribution < -0.4 is 10.1 Å². The molecule has 0 bridgehead atoms. The molecule has 0 spiro atoms. The van der Waals surface area contributed by atoms with Crippen LogP contribution in [0.1, 0.15) is 19.7 Å². The van der Waals surface area contributed by atoms with Crippen molar-refractivity contribution in [2.45, 2.75) is 33.0 Å². The van der Waals surface area contributed by atoms with Gasteiger partial charge in [-0.3, -0.25) is 4.79 Å². The lowest BCUT2D eigenvalue weighted by Gasteiger charge is -2.14. The number of aromatic nitrogens is 3. The summed E-state index contributed by atoms with van der Waals surface area (Å²) in [5, 5.41) is 10.6. The summed E-state index contributed by atoms with van der Waals surface area (Å²) in [6, 6.07) is 9.26. The highest BCUT2D eigenvalue weighted by molar-refractivity contribution is 5.80. The van der Waals surface area contributed by atoms with E-state index in [0.717, 1.165) is 12.4 Å². The molecule has 1 aromatic heterocycles. The quantitative estimate of drug-likeness (QED) is 0.864. The molecule has 2 rings (SSSR count). The fourth-order valence-corrected chi connectivity index (χ4v) is 1.75. The van der Waals surface area contributed by atoms with E-state index in [-0.39, 0.29) is 5.91 Å². The smallest absolute Gasteiger partial charge is 0.261 e. The number of carbonyl (C=O) groups excluding carboxylic acids is 1. The van der Waals surface area contributed by atoms with Crippen LogP contribution in [-0.4, -0.2) is 26.8 Å². The Hall–Kier alpha value is -2.37. The molecule has 0 aliphatic carbocycles. The Bertz CT molecular complexity index is 553. The molecule has 1 amide bonds. The molecule has 6 nitrogen and oxygen atoms in total. The summed E-state index contributed by atoms with van der Waals surface area (Å²) >= 11 is 0. The van der Waals surface area contributed by atoms with Crippen LogP contribution in [0.5, 0.6) is 5.75 Å². The van der Waals surface area contributed by atoms with Crippen LogP contribution in [0.4, 0.5) is 0 Å². The first-order valence-corrected chi connectivity index (χ1v) is 6.56. The van der Waals surface area contributed by atoms with Gasteiger partial charge in [-0.25, -0.2) is 0 Å². The Morgan fingerprint density at radius 2 is 2.15 bits per heavy atom. The molecule has 6 heteroatoms. The van der Waals surface area contributed by atoms with Gasteiger partial charge in [0.15, 0.2) is 11.9 Å². The minimum Gasteiger partial charge on any atom is -0.481 e. The second kappa shape index (κ2) is 6.70. The zero-order valence-electron chi connectivity index (χ0n) is 11.6. The lowest BCUT2D eigenvalue weighted by Crippen LogP contribution is -2.36. The van der Waals surface area contributed by atoms with Crippen molar-refractivity contribution in [1.29, 1.82) is 0 Å². The number of hydrogen-bond donors (Lipinski definition) is 1. The van der Waals surface area contributed by atoms with E-state index in [1.165, 1.54) is 0 Å².